The van der Waals surface area contributed by atoms with Crippen molar-refractivity contribution in [2.75, 3.05) is 0 Å². The van der Waals surface area contributed by atoms with E-state index >= 15 is 0 Å². The van der Waals surface area contributed by atoms with Crippen LogP contribution in [0.15, 0.2) is 0 Å². The van der Waals surface area contributed by atoms with Crippen molar-refractivity contribution in [3.8, 4) is 0 Å². The summed E-state index contributed by atoms with van der Waals surface area (Å²) in [6.07, 6.45) is 7.32. The minimum absolute atomic E-state index is 0.0526. The Labute approximate surface area is 95.6 Å². The van der Waals surface area contributed by atoms with Gasteiger partial charge in [-0.25, -0.2) is 4.79 Å². The summed E-state index contributed by atoms with van der Waals surface area (Å²) in [4.78, 5) is 24.7. The number of carboxylic acid groups (broad SMARTS) is 1. The summed E-state index contributed by atoms with van der Waals surface area (Å²) in [5, 5.41) is 9.11. The van der Waals surface area contributed by atoms with Gasteiger partial charge in [-0.2, -0.15) is 0 Å². The SMILES string of the molecule is O=C(O)[C@@H]1CC[C@@H]2CCCCCCC(=O)N21. The van der Waals surface area contributed by atoms with Crippen molar-refractivity contribution < 1.29 is 14.7 Å². The fraction of sp³-hybridized carbons (Fsp3) is 0.833. The van der Waals surface area contributed by atoms with Crippen LogP contribution in [0, 0.1) is 0 Å². The summed E-state index contributed by atoms with van der Waals surface area (Å²) < 4.78 is 0. The van der Waals surface area contributed by atoms with Gasteiger partial charge in [-0.15, -0.1) is 0 Å². The van der Waals surface area contributed by atoms with Gasteiger partial charge >= 0.3 is 5.97 Å². The monoisotopic (exact) mass is 225 g/mol. The maximum Gasteiger partial charge on any atom is 0.326 e. The van der Waals surface area contributed by atoms with Crippen molar-refractivity contribution >= 4 is 11.9 Å². The van der Waals surface area contributed by atoms with E-state index in [1.807, 2.05) is 0 Å². The lowest BCUT2D eigenvalue weighted by molar-refractivity contribution is -0.149. The van der Waals surface area contributed by atoms with E-state index in [2.05, 4.69) is 0 Å². The Morgan fingerprint density at radius 3 is 2.62 bits per heavy atom. The molecule has 0 aromatic rings. The Morgan fingerprint density at radius 2 is 1.88 bits per heavy atom. The first-order valence-corrected chi connectivity index (χ1v) is 6.24. The smallest absolute Gasteiger partial charge is 0.326 e. The summed E-state index contributed by atoms with van der Waals surface area (Å²) in [5.74, 6) is -0.785. The zero-order chi connectivity index (χ0) is 11.5. The van der Waals surface area contributed by atoms with Crippen molar-refractivity contribution in [1.29, 1.82) is 0 Å². The molecular weight excluding hydrogens is 206 g/mol. The topological polar surface area (TPSA) is 57.6 Å². The van der Waals surface area contributed by atoms with Crippen LogP contribution in [-0.2, 0) is 9.59 Å². The van der Waals surface area contributed by atoms with E-state index in [0.717, 1.165) is 32.1 Å². The Hall–Kier alpha value is -1.06. The largest absolute Gasteiger partial charge is 0.480 e. The number of fused-ring (bicyclic) bond motifs is 1. The summed E-state index contributed by atoms with van der Waals surface area (Å²) in [7, 11) is 0. The van der Waals surface area contributed by atoms with E-state index in [9.17, 15) is 9.59 Å². The average molecular weight is 225 g/mol. The van der Waals surface area contributed by atoms with Crippen LogP contribution in [0.25, 0.3) is 0 Å². The van der Waals surface area contributed by atoms with Gasteiger partial charge in [-0.3, -0.25) is 4.79 Å². The number of carbonyl (C=O) groups excluding carboxylic acids is 1. The molecule has 0 saturated carbocycles. The van der Waals surface area contributed by atoms with E-state index in [0.29, 0.717) is 12.8 Å². The number of nitrogens with zero attached hydrogens (tertiary/aromatic N) is 1. The minimum atomic E-state index is -0.838. The number of aliphatic carboxylic acids is 1. The van der Waals surface area contributed by atoms with Crippen LogP contribution in [-0.4, -0.2) is 34.0 Å². The average Bonchev–Trinajstić information content (AvgIpc) is 2.67. The minimum Gasteiger partial charge on any atom is -0.480 e. The fourth-order valence-electron chi connectivity index (χ4n) is 2.93. The molecule has 2 heterocycles. The lowest BCUT2D eigenvalue weighted by Gasteiger charge is -2.27. The zero-order valence-corrected chi connectivity index (χ0v) is 9.52. The molecule has 4 nitrogen and oxygen atoms in total. The molecule has 0 aromatic carbocycles. The molecule has 2 atom stereocenters. The molecule has 1 N–H and O–H groups in total. The third-order valence-electron chi connectivity index (χ3n) is 3.75. The predicted octanol–water partition coefficient (Wildman–Crippen LogP) is 1.78. The lowest BCUT2D eigenvalue weighted by atomic mass is 10.1. The highest BCUT2D eigenvalue weighted by Crippen LogP contribution is 2.30. The highest BCUT2D eigenvalue weighted by molar-refractivity contribution is 5.84. The molecule has 2 fully saturated rings. The fourth-order valence-corrected chi connectivity index (χ4v) is 2.93. The van der Waals surface area contributed by atoms with Crippen LogP contribution < -0.4 is 0 Å². The van der Waals surface area contributed by atoms with E-state index in [4.69, 9.17) is 5.11 Å². The van der Waals surface area contributed by atoms with Crippen molar-refractivity contribution in [3.05, 3.63) is 0 Å². The molecule has 2 aliphatic heterocycles. The van der Waals surface area contributed by atoms with Gasteiger partial charge in [0.05, 0.1) is 0 Å². The molecule has 2 rings (SSSR count). The zero-order valence-electron chi connectivity index (χ0n) is 9.52. The Kier molecular flexibility index (Phi) is 3.46. The second-order valence-electron chi connectivity index (χ2n) is 4.84. The molecular formula is C12H19NO3. The normalized spacial score (nSPS) is 31.5. The van der Waals surface area contributed by atoms with Crippen molar-refractivity contribution in [2.45, 2.75) is 63.5 Å². The Morgan fingerprint density at radius 1 is 1.12 bits per heavy atom. The summed E-state index contributed by atoms with van der Waals surface area (Å²) in [6.45, 7) is 0. The predicted molar refractivity (Wildman–Crippen MR) is 59.0 cm³/mol. The van der Waals surface area contributed by atoms with Crippen molar-refractivity contribution in [1.82, 2.24) is 4.90 Å². The van der Waals surface area contributed by atoms with E-state index in [1.54, 1.807) is 4.90 Å². The maximum atomic E-state index is 12.0. The van der Waals surface area contributed by atoms with Crippen molar-refractivity contribution in [3.63, 3.8) is 0 Å². The molecule has 1 amide bonds. The molecule has 0 aromatic heterocycles. The molecule has 0 bridgehead atoms. The van der Waals surface area contributed by atoms with E-state index in [-0.39, 0.29) is 11.9 Å². The molecule has 0 unspecified atom stereocenters. The van der Waals surface area contributed by atoms with Crippen LogP contribution in [0.4, 0.5) is 0 Å². The molecule has 16 heavy (non-hydrogen) atoms. The molecule has 2 saturated heterocycles. The van der Waals surface area contributed by atoms with Gasteiger partial charge in [0.15, 0.2) is 0 Å². The second kappa shape index (κ2) is 4.85. The van der Waals surface area contributed by atoms with Gasteiger partial charge in [0, 0.05) is 12.5 Å². The summed E-state index contributed by atoms with van der Waals surface area (Å²) >= 11 is 0. The lowest BCUT2D eigenvalue weighted by Crippen LogP contribution is -2.44. The number of hydrogen-bond donors (Lipinski definition) is 1. The molecule has 90 valence electrons. The quantitative estimate of drug-likeness (QED) is 0.740. The van der Waals surface area contributed by atoms with Crippen molar-refractivity contribution in [2.24, 2.45) is 0 Å². The third kappa shape index (κ3) is 2.20. The molecule has 0 aliphatic carbocycles. The molecule has 2 aliphatic rings. The van der Waals surface area contributed by atoms with Crippen LogP contribution >= 0.6 is 0 Å². The maximum absolute atomic E-state index is 12.0. The van der Waals surface area contributed by atoms with Crippen LogP contribution in [0.3, 0.4) is 0 Å². The standard InChI is InChI=1S/C12H19NO3/c14-11-6-4-2-1-3-5-9-7-8-10(12(15)16)13(9)11/h9-10H,1-8H2,(H,15,16)/t9-,10-/m0/s1. The van der Waals surface area contributed by atoms with Gasteiger partial charge < -0.3 is 10.0 Å². The number of carboxylic acids is 1. The van der Waals surface area contributed by atoms with Crippen LogP contribution in [0.5, 0.6) is 0 Å². The highest BCUT2D eigenvalue weighted by atomic mass is 16.4. The second-order valence-corrected chi connectivity index (χ2v) is 4.84. The molecule has 4 heteroatoms. The summed E-state index contributed by atoms with van der Waals surface area (Å²) in [6, 6.07) is -0.373. The van der Waals surface area contributed by atoms with Gasteiger partial charge in [-0.05, 0) is 25.7 Å². The Bertz CT molecular complexity index is 290. The molecule has 0 spiro atoms. The van der Waals surface area contributed by atoms with Crippen LogP contribution in [0.1, 0.15) is 51.4 Å². The molecule has 0 radical (unpaired) electrons. The third-order valence-corrected chi connectivity index (χ3v) is 3.75. The number of carbonyl (C=O) groups is 2. The van der Waals surface area contributed by atoms with Gasteiger partial charge in [0.25, 0.3) is 0 Å². The first-order valence-electron chi connectivity index (χ1n) is 6.24. The number of hydrogen-bond acceptors (Lipinski definition) is 2. The first-order chi connectivity index (χ1) is 7.70. The highest BCUT2D eigenvalue weighted by Gasteiger charge is 2.40. The van der Waals surface area contributed by atoms with Gasteiger partial charge in [0.1, 0.15) is 6.04 Å². The van der Waals surface area contributed by atoms with Gasteiger partial charge in [-0.1, -0.05) is 19.3 Å². The van der Waals surface area contributed by atoms with Crippen LogP contribution in [0.2, 0.25) is 0 Å². The van der Waals surface area contributed by atoms with Gasteiger partial charge in [0.2, 0.25) is 5.91 Å². The first kappa shape index (κ1) is 11.4. The number of amides is 1. The Balaban J connectivity index is 2.14. The van der Waals surface area contributed by atoms with E-state index in [1.165, 1.54) is 6.42 Å². The van der Waals surface area contributed by atoms with E-state index < -0.39 is 12.0 Å². The number of rotatable bonds is 1. The summed E-state index contributed by atoms with van der Waals surface area (Å²) in [5.41, 5.74) is 0.